The van der Waals surface area contributed by atoms with Crippen molar-refractivity contribution in [2.75, 3.05) is 11.1 Å². The summed E-state index contributed by atoms with van der Waals surface area (Å²) < 4.78 is 2.07. The molecule has 9 heteroatoms. The molecule has 2 heterocycles. The molecule has 0 aliphatic rings. The van der Waals surface area contributed by atoms with Gasteiger partial charge in [-0.2, -0.15) is 0 Å². The third kappa shape index (κ3) is 4.57. The Balaban J connectivity index is 1.79. The number of amides is 2. The predicted molar refractivity (Wildman–Crippen MR) is 122 cm³/mol. The number of para-hydroxylation sites is 1. The number of thioether (sulfide) groups is 1. The second-order valence-electron chi connectivity index (χ2n) is 7.05. The smallest absolute Gasteiger partial charge is 0.250 e. The third-order valence-electron chi connectivity index (χ3n) is 4.68. The largest absolute Gasteiger partial charge is 0.366 e. The number of carbonyl (C=O) groups is 2. The van der Waals surface area contributed by atoms with Crippen molar-refractivity contribution >= 4 is 40.6 Å². The first-order chi connectivity index (χ1) is 14.3. The van der Waals surface area contributed by atoms with E-state index in [2.05, 4.69) is 53.2 Å². The third-order valence-corrected chi connectivity index (χ3v) is 6.57. The summed E-state index contributed by atoms with van der Waals surface area (Å²) in [6.45, 7) is 8.40. The van der Waals surface area contributed by atoms with Crippen LogP contribution in [0.2, 0.25) is 0 Å². The first-order valence-corrected chi connectivity index (χ1v) is 11.5. The Labute approximate surface area is 184 Å². The van der Waals surface area contributed by atoms with Gasteiger partial charge in [-0.05, 0) is 44.9 Å². The highest BCUT2D eigenvalue weighted by molar-refractivity contribution is 7.99. The Morgan fingerprint density at radius 3 is 2.67 bits per heavy atom. The number of hydrogen-bond acceptors (Lipinski definition) is 6. The van der Waals surface area contributed by atoms with Gasteiger partial charge in [0.25, 0.3) is 5.91 Å². The summed E-state index contributed by atoms with van der Waals surface area (Å²) in [4.78, 5) is 25.3. The van der Waals surface area contributed by atoms with Gasteiger partial charge in [0.05, 0.1) is 17.0 Å². The minimum Gasteiger partial charge on any atom is -0.366 e. The van der Waals surface area contributed by atoms with Crippen LogP contribution in [-0.4, -0.2) is 32.3 Å². The van der Waals surface area contributed by atoms with Crippen molar-refractivity contribution in [2.24, 2.45) is 5.73 Å². The summed E-state index contributed by atoms with van der Waals surface area (Å²) in [7, 11) is 0. The molecule has 0 atom stereocenters. The van der Waals surface area contributed by atoms with Crippen LogP contribution in [0, 0.1) is 6.92 Å². The first-order valence-electron chi connectivity index (χ1n) is 9.67. The molecule has 2 amide bonds. The fourth-order valence-electron chi connectivity index (χ4n) is 3.25. The molecule has 3 aromatic rings. The molecule has 0 radical (unpaired) electrons. The summed E-state index contributed by atoms with van der Waals surface area (Å²) in [6, 6.07) is 6.82. The van der Waals surface area contributed by atoms with Crippen molar-refractivity contribution in [1.29, 1.82) is 0 Å². The quantitative estimate of drug-likeness (QED) is 0.506. The average Bonchev–Trinajstić information content (AvgIpc) is 3.29. The molecule has 0 unspecified atom stereocenters. The topological polar surface area (TPSA) is 103 Å². The van der Waals surface area contributed by atoms with Crippen LogP contribution in [0.15, 0.2) is 34.8 Å². The van der Waals surface area contributed by atoms with E-state index in [1.54, 1.807) is 35.6 Å². The number of nitrogens with two attached hydrogens (primary N) is 1. The van der Waals surface area contributed by atoms with Crippen LogP contribution in [0.25, 0.3) is 11.4 Å². The van der Waals surface area contributed by atoms with Gasteiger partial charge in [-0.3, -0.25) is 14.2 Å². The molecule has 3 N–H and O–H groups in total. The number of primary amides is 1. The molecule has 0 spiro atoms. The molecule has 2 aromatic heterocycles. The number of aromatic nitrogens is 3. The number of thiophene rings is 1. The lowest BCUT2D eigenvalue weighted by molar-refractivity contribution is -0.113. The van der Waals surface area contributed by atoms with Crippen LogP contribution in [0.5, 0.6) is 0 Å². The lowest BCUT2D eigenvalue weighted by Crippen LogP contribution is -2.19. The molecule has 0 aliphatic carbocycles. The SMILES string of the molecule is CCc1c(-c2nnc(SCC(=O)Nc3ccccc3C(N)=O)n2C(C)C)csc1C. The number of benzene rings is 1. The number of nitrogens with one attached hydrogen (secondary N) is 1. The zero-order valence-electron chi connectivity index (χ0n) is 17.4. The number of rotatable bonds is 8. The average molecular weight is 444 g/mol. The highest BCUT2D eigenvalue weighted by Gasteiger charge is 2.21. The highest BCUT2D eigenvalue weighted by Crippen LogP contribution is 2.34. The molecule has 0 saturated carbocycles. The van der Waals surface area contributed by atoms with E-state index in [-0.39, 0.29) is 23.3 Å². The van der Waals surface area contributed by atoms with Crippen LogP contribution >= 0.6 is 23.1 Å². The Kier molecular flexibility index (Phi) is 6.94. The predicted octanol–water partition coefficient (Wildman–Crippen LogP) is 4.29. The molecular weight excluding hydrogens is 418 g/mol. The summed E-state index contributed by atoms with van der Waals surface area (Å²) in [5, 5.41) is 14.3. The molecule has 30 heavy (non-hydrogen) atoms. The van der Waals surface area contributed by atoms with Crippen LogP contribution < -0.4 is 11.1 Å². The van der Waals surface area contributed by atoms with Gasteiger partial charge in [0.2, 0.25) is 5.91 Å². The molecule has 1 aromatic carbocycles. The van der Waals surface area contributed by atoms with Crippen molar-refractivity contribution in [3.05, 3.63) is 45.6 Å². The van der Waals surface area contributed by atoms with E-state index < -0.39 is 5.91 Å². The summed E-state index contributed by atoms with van der Waals surface area (Å²) in [6.07, 6.45) is 0.930. The monoisotopic (exact) mass is 443 g/mol. The number of nitrogens with zero attached hydrogens (tertiary/aromatic N) is 3. The first kappa shape index (κ1) is 22.0. The lowest BCUT2D eigenvalue weighted by Gasteiger charge is -2.14. The summed E-state index contributed by atoms with van der Waals surface area (Å²) in [5.74, 6) is 0.143. The lowest BCUT2D eigenvalue weighted by atomic mass is 10.1. The number of carbonyl (C=O) groups excluding carboxylic acids is 2. The van der Waals surface area contributed by atoms with Crippen molar-refractivity contribution in [1.82, 2.24) is 14.8 Å². The fraction of sp³-hybridized carbons (Fsp3) is 0.333. The fourth-order valence-corrected chi connectivity index (χ4v) is 5.06. The van der Waals surface area contributed by atoms with Crippen molar-refractivity contribution < 1.29 is 9.59 Å². The van der Waals surface area contributed by atoms with Crippen molar-refractivity contribution in [2.45, 2.75) is 45.3 Å². The number of hydrogen-bond donors (Lipinski definition) is 2. The molecule has 7 nitrogen and oxygen atoms in total. The standard InChI is InChI=1S/C21H25N5O2S2/c1-5-14-13(4)29-10-16(14)20-24-25-21(26(20)12(2)3)30-11-18(27)23-17-9-7-6-8-15(17)19(22)28/h6-10,12H,5,11H2,1-4H3,(H2,22,28)(H,23,27). The maximum absolute atomic E-state index is 12.5. The minimum absolute atomic E-state index is 0.140. The van der Waals surface area contributed by atoms with E-state index in [9.17, 15) is 9.59 Å². The van der Waals surface area contributed by atoms with Crippen molar-refractivity contribution in [3.63, 3.8) is 0 Å². The maximum Gasteiger partial charge on any atom is 0.250 e. The van der Waals surface area contributed by atoms with E-state index in [4.69, 9.17) is 5.73 Å². The normalized spacial score (nSPS) is 11.1. The Morgan fingerprint density at radius 1 is 1.27 bits per heavy atom. The van der Waals surface area contributed by atoms with Gasteiger partial charge < -0.3 is 11.1 Å². The van der Waals surface area contributed by atoms with E-state index in [0.29, 0.717) is 10.8 Å². The summed E-state index contributed by atoms with van der Waals surface area (Å²) in [5.41, 5.74) is 8.45. The molecule has 158 valence electrons. The van der Waals surface area contributed by atoms with Gasteiger partial charge in [0.1, 0.15) is 0 Å². The molecular formula is C21H25N5O2S2. The van der Waals surface area contributed by atoms with Gasteiger partial charge in [-0.25, -0.2) is 0 Å². The molecule has 0 aliphatic heterocycles. The maximum atomic E-state index is 12.5. The van der Waals surface area contributed by atoms with Gasteiger partial charge in [-0.15, -0.1) is 21.5 Å². The van der Waals surface area contributed by atoms with Gasteiger partial charge in [0.15, 0.2) is 11.0 Å². The van der Waals surface area contributed by atoms with Gasteiger partial charge >= 0.3 is 0 Å². The highest BCUT2D eigenvalue weighted by atomic mass is 32.2. The Bertz CT molecular complexity index is 1070. The van der Waals surface area contributed by atoms with Crippen LogP contribution in [0.3, 0.4) is 0 Å². The number of aryl methyl sites for hydroxylation is 1. The molecule has 0 fully saturated rings. The zero-order valence-corrected chi connectivity index (χ0v) is 19.1. The van der Waals surface area contributed by atoms with Crippen molar-refractivity contribution in [3.8, 4) is 11.4 Å². The van der Waals surface area contributed by atoms with Crippen LogP contribution in [0.4, 0.5) is 5.69 Å². The zero-order chi connectivity index (χ0) is 21.8. The second kappa shape index (κ2) is 9.44. The van der Waals surface area contributed by atoms with Crippen LogP contribution in [0.1, 0.15) is 47.6 Å². The Morgan fingerprint density at radius 2 is 2.00 bits per heavy atom. The second-order valence-corrected chi connectivity index (χ2v) is 9.08. The van der Waals surface area contributed by atoms with Crippen LogP contribution in [-0.2, 0) is 11.2 Å². The van der Waals surface area contributed by atoms with E-state index in [1.165, 1.54) is 22.2 Å². The molecule has 0 saturated heterocycles. The van der Waals surface area contributed by atoms with E-state index >= 15 is 0 Å². The number of anilines is 1. The van der Waals surface area contributed by atoms with Gasteiger partial charge in [-0.1, -0.05) is 30.8 Å². The summed E-state index contributed by atoms with van der Waals surface area (Å²) >= 11 is 3.03. The minimum atomic E-state index is -0.583. The molecule has 0 bridgehead atoms. The van der Waals surface area contributed by atoms with E-state index in [0.717, 1.165) is 17.8 Å². The Hall–Kier alpha value is -2.65. The van der Waals surface area contributed by atoms with E-state index in [1.807, 2.05) is 0 Å². The van der Waals surface area contributed by atoms with Gasteiger partial charge in [0, 0.05) is 21.9 Å². The molecule has 3 rings (SSSR count).